The van der Waals surface area contributed by atoms with E-state index in [4.69, 9.17) is 9.15 Å². The van der Waals surface area contributed by atoms with Crippen LogP contribution in [0.4, 0.5) is 0 Å². The number of aryl methyl sites for hydroxylation is 2. The molecule has 2 aromatic rings. The molecule has 6 heteroatoms. The average Bonchev–Trinajstić information content (AvgIpc) is 2.73. The van der Waals surface area contributed by atoms with Crippen LogP contribution in [0.3, 0.4) is 0 Å². The van der Waals surface area contributed by atoms with Crippen molar-refractivity contribution in [1.82, 2.24) is 14.9 Å². The maximum absolute atomic E-state index is 12.3. The second kappa shape index (κ2) is 6.34. The normalized spacial score (nSPS) is 15.8. The SMILES string of the molecule is Cc1oc2ncnc(OCC(=O)N3CCCCCC3)c2c1C. The fraction of sp³-hybridized carbons (Fsp3) is 0.562. The third kappa shape index (κ3) is 2.91. The second-order valence-electron chi connectivity index (χ2n) is 5.73. The third-order valence-electron chi connectivity index (χ3n) is 4.22. The number of nitrogens with zero attached hydrogens (tertiary/aromatic N) is 3. The molecule has 1 aliphatic rings. The predicted molar refractivity (Wildman–Crippen MR) is 81.8 cm³/mol. The standard InChI is InChI=1S/C16H21N3O3/c1-11-12(2)22-16-14(11)15(17-10-18-16)21-9-13(20)19-7-5-3-4-6-8-19/h10H,3-9H2,1-2H3. The van der Waals surface area contributed by atoms with Gasteiger partial charge in [-0.25, -0.2) is 9.97 Å². The molecular weight excluding hydrogens is 282 g/mol. The molecule has 0 atom stereocenters. The van der Waals surface area contributed by atoms with Gasteiger partial charge < -0.3 is 14.1 Å². The van der Waals surface area contributed by atoms with Gasteiger partial charge in [-0.2, -0.15) is 0 Å². The first-order valence-corrected chi connectivity index (χ1v) is 7.78. The van der Waals surface area contributed by atoms with E-state index in [-0.39, 0.29) is 12.5 Å². The average molecular weight is 303 g/mol. The van der Waals surface area contributed by atoms with E-state index in [0.29, 0.717) is 11.6 Å². The number of fused-ring (bicyclic) bond motifs is 1. The molecule has 0 radical (unpaired) electrons. The van der Waals surface area contributed by atoms with E-state index in [2.05, 4.69) is 9.97 Å². The van der Waals surface area contributed by atoms with Crippen LogP contribution < -0.4 is 4.74 Å². The van der Waals surface area contributed by atoms with E-state index < -0.39 is 0 Å². The number of carbonyl (C=O) groups excluding carboxylic acids is 1. The van der Waals surface area contributed by atoms with Gasteiger partial charge in [-0.15, -0.1) is 0 Å². The highest BCUT2D eigenvalue weighted by molar-refractivity contribution is 5.84. The lowest BCUT2D eigenvalue weighted by molar-refractivity contribution is -0.133. The maximum atomic E-state index is 12.3. The van der Waals surface area contributed by atoms with Crippen LogP contribution in [0.2, 0.25) is 0 Å². The zero-order valence-corrected chi connectivity index (χ0v) is 13.1. The molecule has 22 heavy (non-hydrogen) atoms. The zero-order chi connectivity index (χ0) is 15.5. The van der Waals surface area contributed by atoms with Crippen molar-refractivity contribution in [3.05, 3.63) is 17.7 Å². The summed E-state index contributed by atoms with van der Waals surface area (Å²) < 4.78 is 11.2. The van der Waals surface area contributed by atoms with E-state index in [1.165, 1.54) is 19.2 Å². The van der Waals surface area contributed by atoms with Crippen molar-refractivity contribution < 1.29 is 13.9 Å². The maximum Gasteiger partial charge on any atom is 0.260 e. The van der Waals surface area contributed by atoms with Crippen molar-refractivity contribution in [2.24, 2.45) is 0 Å². The summed E-state index contributed by atoms with van der Waals surface area (Å²) in [5.41, 5.74) is 1.45. The quantitative estimate of drug-likeness (QED) is 0.872. The summed E-state index contributed by atoms with van der Waals surface area (Å²) >= 11 is 0. The van der Waals surface area contributed by atoms with Gasteiger partial charge in [0.05, 0.1) is 0 Å². The van der Waals surface area contributed by atoms with E-state index in [1.54, 1.807) is 0 Å². The summed E-state index contributed by atoms with van der Waals surface area (Å²) in [7, 11) is 0. The lowest BCUT2D eigenvalue weighted by Gasteiger charge is -2.20. The van der Waals surface area contributed by atoms with Gasteiger partial charge in [0.1, 0.15) is 17.5 Å². The molecule has 1 saturated heterocycles. The molecule has 0 spiro atoms. The summed E-state index contributed by atoms with van der Waals surface area (Å²) in [4.78, 5) is 22.4. The Labute approximate surface area is 129 Å². The molecule has 1 fully saturated rings. The molecule has 0 bridgehead atoms. The minimum atomic E-state index is 0.00970. The molecular formula is C16H21N3O3. The summed E-state index contributed by atoms with van der Waals surface area (Å²) in [6.07, 6.45) is 5.94. The first-order chi connectivity index (χ1) is 10.7. The molecule has 0 N–H and O–H groups in total. The molecule has 0 unspecified atom stereocenters. The molecule has 6 nitrogen and oxygen atoms in total. The Hall–Kier alpha value is -2.11. The highest BCUT2D eigenvalue weighted by Crippen LogP contribution is 2.29. The van der Waals surface area contributed by atoms with Crippen molar-refractivity contribution >= 4 is 17.0 Å². The summed E-state index contributed by atoms with van der Waals surface area (Å²) in [5.74, 6) is 1.23. The lowest BCUT2D eigenvalue weighted by Crippen LogP contribution is -2.35. The van der Waals surface area contributed by atoms with Crippen molar-refractivity contribution in [3.8, 4) is 5.88 Å². The Morgan fingerprint density at radius 2 is 1.95 bits per heavy atom. The molecule has 3 rings (SSSR count). The molecule has 1 aliphatic heterocycles. The van der Waals surface area contributed by atoms with E-state index in [0.717, 1.165) is 42.6 Å². The molecule has 1 amide bonds. The predicted octanol–water partition coefficient (Wildman–Crippen LogP) is 2.62. The van der Waals surface area contributed by atoms with Crippen LogP contribution >= 0.6 is 0 Å². The van der Waals surface area contributed by atoms with Gasteiger partial charge in [-0.3, -0.25) is 4.79 Å². The highest BCUT2D eigenvalue weighted by atomic mass is 16.5. The Kier molecular flexibility index (Phi) is 4.27. The van der Waals surface area contributed by atoms with Gasteiger partial charge in [0.15, 0.2) is 6.61 Å². The fourth-order valence-corrected chi connectivity index (χ4v) is 2.80. The summed E-state index contributed by atoms with van der Waals surface area (Å²) in [6, 6.07) is 0. The number of likely N-dealkylation sites (tertiary alicyclic amines) is 1. The minimum absolute atomic E-state index is 0.00970. The van der Waals surface area contributed by atoms with Crippen LogP contribution in [0.1, 0.15) is 37.0 Å². The second-order valence-corrected chi connectivity index (χ2v) is 5.73. The van der Waals surface area contributed by atoms with Crippen LogP contribution in [0.5, 0.6) is 5.88 Å². The summed E-state index contributed by atoms with van der Waals surface area (Å²) in [5, 5.41) is 0.753. The van der Waals surface area contributed by atoms with Gasteiger partial charge in [0.2, 0.25) is 11.6 Å². The number of hydrogen-bond donors (Lipinski definition) is 0. The molecule has 0 saturated carbocycles. The smallest absolute Gasteiger partial charge is 0.260 e. The number of ether oxygens (including phenoxy) is 1. The monoisotopic (exact) mass is 303 g/mol. The fourth-order valence-electron chi connectivity index (χ4n) is 2.80. The summed E-state index contributed by atoms with van der Waals surface area (Å²) in [6.45, 7) is 5.48. The number of amides is 1. The lowest BCUT2D eigenvalue weighted by atomic mass is 10.2. The van der Waals surface area contributed by atoms with Crippen molar-refractivity contribution in [2.45, 2.75) is 39.5 Å². The van der Waals surface area contributed by atoms with Crippen LogP contribution in [0, 0.1) is 13.8 Å². The van der Waals surface area contributed by atoms with Crippen LogP contribution in [0.25, 0.3) is 11.1 Å². The van der Waals surface area contributed by atoms with Crippen molar-refractivity contribution in [2.75, 3.05) is 19.7 Å². The van der Waals surface area contributed by atoms with Gasteiger partial charge in [-0.05, 0) is 26.7 Å². The Balaban J connectivity index is 1.72. The molecule has 2 aromatic heterocycles. The number of carbonyl (C=O) groups is 1. The highest BCUT2D eigenvalue weighted by Gasteiger charge is 2.19. The van der Waals surface area contributed by atoms with Crippen molar-refractivity contribution in [3.63, 3.8) is 0 Å². The first-order valence-electron chi connectivity index (χ1n) is 7.78. The van der Waals surface area contributed by atoms with E-state index in [9.17, 15) is 4.79 Å². The minimum Gasteiger partial charge on any atom is -0.467 e. The van der Waals surface area contributed by atoms with Gasteiger partial charge >= 0.3 is 0 Å². The van der Waals surface area contributed by atoms with Crippen LogP contribution in [-0.4, -0.2) is 40.5 Å². The van der Waals surface area contributed by atoms with Gasteiger partial charge in [0.25, 0.3) is 5.91 Å². The Bertz CT molecular complexity index is 673. The number of furan rings is 1. The largest absolute Gasteiger partial charge is 0.467 e. The molecule has 118 valence electrons. The third-order valence-corrected chi connectivity index (χ3v) is 4.22. The Morgan fingerprint density at radius 3 is 2.68 bits per heavy atom. The van der Waals surface area contributed by atoms with E-state index in [1.807, 2.05) is 18.7 Å². The number of hydrogen-bond acceptors (Lipinski definition) is 5. The van der Waals surface area contributed by atoms with Gasteiger partial charge in [0, 0.05) is 18.7 Å². The molecule has 0 aromatic carbocycles. The van der Waals surface area contributed by atoms with Crippen LogP contribution in [-0.2, 0) is 4.79 Å². The zero-order valence-electron chi connectivity index (χ0n) is 13.1. The number of rotatable bonds is 3. The molecule has 3 heterocycles. The van der Waals surface area contributed by atoms with Crippen molar-refractivity contribution in [1.29, 1.82) is 0 Å². The van der Waals surface area contributed by atoms with E-state index >= 15 is 0 Å². The number of aromatic nitrogens is 2. The van der Waals surface area contributed by atoms with Crippen LogP contribution in [0.15, 0.2) is 10.7 Å². The molecule has 0 aliphatic carbocycles. The topological polar surface area (TPSA) is 68.5 Å². The Morgan fingerprint density at radius 1 is 1.23 bits per heavy atom. The first kappa shape index (κ1) is 14.8. The van der Waals surface area contributed by atoms with Gasteiger partial charge in [-0.1, -0.05) is 12.8 Å².